The van der Waals surface area contributed by atoms with E-state index in [4.69, 9.17) is 4.74 Å². The maximum Gasteiger partial charge on any atom is 0.258 e. The Morgan fingerprint density at radius 2 is 1.81 bits per heavy atom. The lowest BCUT2D eigenvalue weighted by atomic mass is 10.1. The molecule has 1 aliphatic heterocycles. The van der Waals surface area contributed by atoms with Crippen molar-refractivity contribution in [1.82, 2.24) is 5.32 Å². The first-order valence-electron chi connectivity index (χ1n) is 10.7. The van der Waals surface area contributed by atoms with Gasteiger partial charge in [-0.05, 0) is 68.1 Å². The van der Waals surface area contributed by atoms with E-state index in [1.807, 2.05) is 43.3 Å². The molecule has 2 fully saturated rings. The highest BCUT2D eigenvalue weighted by Crippen LogP contribution is 2.30. The van der Waals surface area contributed by atoms with Crippen LogP contribution in [0.5, 0.6) is 5.75 Å². The number of hydrogen-bond acceptors (Lipinski definition) is 4. The lowest BCUT2D eigenvalue weighted by Gasteiger charge is -2.17. The van der Waals surface area contributed by atoms with Gasteiger partial charge in [-0.2, -0.15) is 0 Å². The summed E-state index contributed by atoms with van der Waals surface area (Å²) in [6.07, 6.45) is 3.41. The molecule has 1 heterocycles. The van der Waals surface area contributed by atoms with Crippen LogP contribution in [0.1, 0.15) is 44.2 Å². The predicted molar refractivity (Wildman–Crippen MR) is 118 cm³/mol. The second-order valence-electron chi connectivity index (χ2n) is 8.11. The lowest BCUT2D eigenvalue weighted by Crippen LogP contribution is -2.31. The van der Waals surface area contributed by atoms with Gasteiger partial charge in [-0.25, -0.2) is 0 Å². The molecule has 162 valence electrons. The number of hydrogen-bond donors (Lipinski definition) is 2. The minimum atomic E-state index is -0.225. The Morgan fingerprint density at radius 1 is 1.10 bits per heavy atom. The second-order valence-corrected chi connectivity index (χ2v) is 8.11. The van der Waals surface area contributed by atoms with Gasteiger partial charge in [-0.15, -0.1) is 0 Å². The van der Waals surface area contributed by atoms with Crippen LogP contribution in [-0.4, -0.2) is 30.9 Å². The van der Waals surface area contributed by atoms with E-state index in [9.17, 15) is 14.4 Å². The highest BCUT2D eigenvalue weighted by atomic mass is 16.5. The number of ether oxygens (including phenoxy) is 1. The molecule has 0 radical (unpaired) electrons. The van der Waals surface area contributed by atoms with Crippen molar-refractivity contribution >= 4 is 29.1 Å². The molecular weight excluding hydrogens is 394 g/mol. The van der Waals surface area contributed by atoms with Crippen LogP contribution in [0.15, 0.2) is 48.5 Å². The van der Waals surface area contributed by atoms with Gasteiger partial charge in [-0.1, -0.05) is 12.1 Å². The van der Waals surface area contributed by atoms with Crippen molar-refractivity contribution in [3.05, 3.63) is 54.1 Å². The van der Waals surface area contributed by atoms with E-state index in [1.54, 1.807) is 17.0 Å². The molecule has 31 heavy (non-hydrogen) atoms. The predicted octanol–water partition coefficient (Wildman–Crippen LogP) is 3.42. The summed E-state index contributed by atoms with van der Waals surface area (Å²) in [5.74, 6) is 0.731. The van der Waals surface area contributed by atoms with E-state index in [-0.39, 0.29) is 36.3 Å². The molecule has 2 aromatic carbocycles. The van der Waals surface area contributed by atoms with Crippen molar-refractivity contribution in [1.29, 1.82) is 0 Å². The molecule has 7 nitrogen and oxygen atoms in total. The molecule has 2 aliphatic rings. The van der Waals surface area contributed by atoms with Crippen LogP contribution >= 0.6 is 0 Å². The van der Waals surface area contributed by atoms with Crippen LogP contribution < -0.4 is 20.3 Å². The fourth-order valence-corrected chi connectivity index (χ4v) is 3.60. The molecule has 0 bridgehead atoms. The van der Waals surface area contributed by atoms with Crippen LogP contribution in [0.2, 0.25) is 0 Å². The SMILES string of the molecule is CC(NC(=O)COc1ccc(N2CCCC2=O)cc1)c1ccc(NC(=O)C2CC2)cc1. The summed E-state index contributed by atoms with van der Waals surface area (Å²) in [6, 6.07) is 14.5. The fourth-order valence-electron chi connectivity index (χ4n) is 3.60. The summed E-state index contributed by atoms with van der Waals surface area (Å²) in [5.41, 5.74) is 2.56. The first-order chi connectivity index (χ1) is 15.0. The zero-order chi connectivity index (χ0) is 21.8. The van der Waals surface area contributed by atoms with Crippen molar-refractivity contribution in [3.63, 3.8) is 0 Å². The monoisotopic (exact) mass is 421 g/mol. The Bertz CT molecular complexity index is 952. The molecule has 1 unspecified atom stereocenters. The zero-order valence-electron chi connectivity index (χ0n) is 17.6. The summed E-state index contributed by atoms with van der Waals surface area (Å²) in [5, 5.41) is 5.82. The Kier molecular flexibility index (Phi) is 6.21. The van der Waals surface area contributed by atoms with Crippen molar-refractivity contribution in [2.24, 2.45) is 5.92 Å². The smallest absolute Gasteiger partial charge is 0.258 e. The van der Waals surface area contributed by atoms with Crippen molar-refractivity contribution in [3.8, 4) is 5.75 Å². The zero-order valence-corrected chi connectivity index (χ0v) is 17.6. The molecule has 7 heteroatoms. The van der Waals surface area contributed by atoms with E-state index in [0.717, 1.165) is 42.7 Å². The van der Waals surface area contributed by atoms with E-state index in [0.29, 0.717) is 12.2 Å². The number of amides is 3. The third-order valence-corrected chi connectivity index (χ3v) is 5.60. The van der Waals surface area contributed by atoms with Gasteiger partial charge in [0.25, 0.3) is 5.91 Å². The third-order valence-electron chi connectivity index (χ3n) is 5.60. The average molecular weight is 421 g/mol. The summed E-state index contributed by atoms with van der Waals surface area (Å²) in [7, 11) is 0. The first-order valence-corrected chi connectivity index (χ1v) is 10.7. The van der Waals surface area contributed by atoms with Crippen LogP contribution in [0.3, 0.4) is 0 Å². The van der Waals surface area contributed by atoms with Crippen molar-refractivity contribution in [2.45, 2.75) is 38.6 Å². The highest BCUT2D eigenvalue weighted by Gasteiger charge is 2.29. The highest BCUT2D eigenvalue weighted by molar-refractivity contribution is 5.95. The number of nitrogens with one attached hydrogen (secondary N) is 2. The van der Waals surface area contributed by atoms with E-state index < -0.39 is 0 Å². The molecule has 1 saturated heterocycles. The van der Waals surface area contributed by atoms with Gasteiger partial charge in [0, 0.05) is 30.3 Å². The largest absolute Gasteiger partial charge is 0.484 e. The van der Waals surface area contributed by atoms with Gasteiger partial charge in [-0.3, -0.25) is 14.4 Å². The van der Waals surface area contributed by atoms with E-state index in [1.165, 1.54) is 0 Å². The number of rotatable bonds is 8. The second kappa shape index (κ2) is 9.20. The van der Waals surface area contributed by atoms with Crippen LogP contribution in [0.25, 0.3) is 0 Å². The third kappa shape index (κ3) is 5.42. The Labute approximate surface area is 181 Å². The van der Waals surface area contributed by atoms with Crippen LogP contribution in [-0.2, 0) is 14.4 Å². The maximum atomic E-state index is 12.3. The standard InChI is InChI=1S/C24H27N3O4/c1-16(17-6-8-19(9-7-17)26-24(30)18-4-5-18)25-22(28)15-31-21-12-10-20(11-13-21)27-14-2-3-23(27)29/h6-13,16,18H,2-5,14-15H2,1H3,(H,25,28)(H,26,30). The molecule has 2 N–H and O–H groups in total. The average Bonchev–Trinajstić information content (AvgIpc) is 3.54. The number of carbonyl (C=O) groups is 3. The first kappa shape index (κ1) is 20.9. The van der Waals surface area contributed by atoms with Gasteiger partial charge in [0.2, 0.25) is 11.8 Å². The Balaban J connectivity index is 1.23. The molecule has 2 aromatic rings. The molecule has 3 amide bonds. The normalized spacial score (nSPS) is 16.7. The fraction of sp³-hybridized carbons (Fsp3) is 0.375. The maximum absolute atomic E-state index is 12.3. The van der Waals surface area contributed by atoms with Crippen LogP contribution in [0.4, 0.5) is 11.4 Å². The quantitative estimate of drug-likeness (QED) is 0.684. The van der Waals surface area contributed by atoms with Gasteiger partial charge in [0.1, 0.15) is 5.75 Å². The minimum Gasteiger partial charge on any atom is -0.484 e. The topological polar surface area (TPSA) is 87.7 Å². The van der Waals surface area contributed by atoms with Crippen molar-refractivity contribution < 1.29 is 19.1 Å². The summed E-state index contributed by atoms with van der Waals surface area (Å²) in [6.45, 7) is 2.55. The van der Waals surface area contributed by atoms with E-state index in [2.05, 4.69) is 10.6 Å². The molecule has 0 spiro atoms. The number of carbonyl (C=O) groups excluding carboxylic acids is 3. The molecule has 1 saturated carbocycles. The summed E-state index contributed by atoms with van der Waals surface area (Å²) < 4.78 is 5.58. The number of benzene rings is 2. The summed E-state index contributed by atoms with van der Waals surface area (Å²) >= 11 is 0. The van der Waals surface area contributed by atoms with Gasteiger partial charge in [0.05, 0.1) is 6.04 Å². The minimum absolute atomic E-state index is 0.0753. The van der Waals surface area contributed by atoms with Gasteiger partial charge in [0.15, 0.2) is 6.61 Å². The lowest BCUT2D eigenvalue weighted by molar-refractivity contribution is -0.123. The Hall–Kier alpha value is -3.35. The molecular formula is C24H27N3O4. The van der Waals surface area contributed by atoms with Crippen molar-refractivity contribution in [2.75, 3.05) is 23.4 Å². The molecule has 1 atom stereocenters. The summed E-state index contributed by atoms with van der Waals surface area (Å²) in [4.78, 5) is 37.7. The van der Waals surface area contributed by atoms with Gasteiger partial charge < -0.3 is 20.3 Å². The number of nitrogens with zero attached hydrogens (tertiary/aromatic N) is 1. The van der Waals surface area contributed by atoms with E-state index >= 15 is 0 Å². The van der Waals surface area contributed by atoms with Crippen LogP contribution in [0, 0.1) is 5.92 Å². The molecule has 1 aliphatic carbocycles. The Morgan fingerprint density at radius 3 is 2.42 bits per heavy atom. The number of anilines is 2. The van der Waals surface area contributed by atoms with Gasteiger partial charge >= 0.3 is 0 Å². The molecule has 0 aromatic heterocycles. The molecule has 4 rings (SSSR count).